The van der Waals surface area contributed by atoms with Gasteiger partial charge in [0.2, 0.25) is 0 Å². The van der Waals surface area contributed by atoms with Crippen molar-refractivity contribution in [3.63, 3.8) is 0 Å². The Morgan fingerprint density at radius 3 is 2.07 bits per heavy atom. The van der Waals surface area contributed by atoms with Crippen LogP contribution in [-0.4, -0.2) is 81.6 Å². The zero-order valence-electron chi connectivity index (χ0n) is 15.9. The number of anilines is 1. The second-order valence-electron chi connectivity index (χ2n) is 5.82. The molecule has 0 heterocycles. The maximum Gasteiger partial charge on any atom is 0.413 e. The minimum absolute atomic E-state index is 0.238. The van der Waals surface area contributed by atoms with Crippen molar-refractivity contribution in [3.05, 3.63) is 24.3 Å². The molecule has 0 fully saturated rings. The lowest BCUT2D eigenvalue weighted by atomic mass is 10.1. The van der Waals surface area contributed by atoms with Crippen LogP contribution in [0.25, 0.3) is 0 Å². The first-order valence-electron chi connectivity index (χ1n) is 8.63. The van der Waals surface area contributed by atoms with Crippen LogP contribution < -0.4 is 15.0 Å². The van der Waals surface area contributed by atoms with Gasteiger partial charge in [0, 0.05) is 25.2 Å². The minimum atomic E-state index is -1.34. The van der Waals surface area contributed by atoms with E-state index in [2.05, 4.69) is 10.2 Å². The molecule has 0 bridgehead atoms. The van der Waals surface area contributed by atoms with E-state index in [1.54, 1.807) is 24.3 Å². The Morgan fingerprint density at radius 2 is 1.61 bits per heavy atom. The third-order valence-electron chi connectivity index (χ3n) is 3.78. The number of amides is 1. The van der Waals surface area contributed by atoms with E-state index in [1.807, 2.05) is 0 Å². The summed E-state index contributed by atoms with van der Waals surface area (Å²) < 4.78 is 15.6. The van der Waals surface area contributed by atoms with Gasteiger partial charge in [0.1, 0.15) is 32.8 Å². The van der Waals surface area contributed by atoms with Gasteiger partial charge in [0.15, 0.2) is 0 Å². The molecule has 156 valence electrons. The molecule has 10 nitrogen and oxygen atoms in total. The Balaban J connectivity index is 2.67. The van der Waals surface area contributed by atoms with Gasteiger partial charge in [-0.3, -0.25) is 4.79 Å². The normalized spacial score (nSPS) is 11.7. The van der Waals surface area contributed by atoms with Crippen LogP contribution >= 0.6 is 0 Å². The predicted molar refractivity (Wildman–Crippen MR) is 108 cm³/mol. The highest BCUT2D eigenvalue weighted by Gasteiger charge is 2.22. The second-order valence-corrected chi connectivity index (χ2v) is 6.98. The number of rotatable bonds is 13. The largest absolute Gasteiger partial charge is 0.481 e. The molecule has 0 aliphatic carbocycles. The van der Waals surface area contributed by atoms with Crippen molar-refractivity contribution < 1.29 is 38.2 Å². The molecular weight excluding hydrogens is 404 g/mol. The Labute approximate surface area is 168 Å². The Bertz CT molecular complexity index is 636. The molecule has 0 saturated heterocycles. The Morgan fingerprint density at radius 1 is 1.04 bits per heavy atom. The standard InChI is InChI=1S/C16H26N2O8Si2/c19-14(20)6-5-13(15(21)22)17-16(23)26-12-3-1-11(2-4-12)18(7-9-24-27)8-10-25-28/h1-4,13H,5-10H2,27-28H3,(H,17,23)(H,19,20)(H,21,22)/t13-/m1/s1. The summed E-state index contributed by atoms with van der Waals surface area (Å²) in [6.07, 6.45) is -1.58. The summed E-state index contributed by atoms with van der Waals surface area (Å²) >= 11 is 0. The lowest BCUT2D eigenvalue weighted by Crippen LogP contribution is -2.42. The topological polar surface area (TPSA) is 135 Å². The summed E-state index contributed by atoms with van der Waals surface area (Å²) in [5, 5.41) is 19.8. The molecule has 1 atom stereocenters. The molecule has 1 amide bonds. The van der Waals surface area contributed by atoms with Crippen LogP contribution in [0.4, 0.5) is 10.5 Å². The first kappa shape index (κ1) is 23.6. The lowest BCUT2D eigenvalue weighted by Gasteiger charge is -2.24. The van der Waals surface area contributed by atoms with E-state index in [1.165, 1.54) is 0 Å². The fourth-order valence-electron chi connectivity index (χ4n) is 2.30. The van der Waals surface area contributed by atoms with Crippen molar-refractivity contribution in [2.45, 2.75) is 18.9 Å². The van der Waals surface area contributed by atoms with E-state index in [0.717, 1.165) is 5.69 Å². The van der Waals surface area contributed by atoms with Crippen LogP contribution in [0, 0.1) is 0 Å². The highest BCUT2D eigenvalue weighted by molar-refractivity contribution is 5.98. The SMILES string of the molecule is O=C(O)CC[C@@H](NC(=O)Oc1ccc(N(CCO[SiH3])CCO[SiH3])cc1)C(=O)O. The van der Waals surface area contributed by atoms with E-state index >= 15 is 0 Å². The van der Waals surface area contributed by atoms with Crippen LogP contribution in [0.5, 0.6) is 5.75 Å². The highest BCUT2D eigenvalue weighted by atomic mass is 28.2. The number of nitrogens with one attached hydrogen (secondary N) is 1. The van der Waals surface area contributed by atoms with E-state index in [9.17, 15) is 14.4 Å². The molecular formula is C16H26N2O8Si2. The average Bonchev–Trinajstić information content (AvgIpc) is 2.65. The highest BCUT2D eigenvalue weighted by Crippen LogP contribution is 2.19. The molecule has 0 radical (unpaired) electrons. The zero-order valence-corrected chi connectivity index (χ0v) is 19.9. The molecule has 1 aromatic rings. The van der Waals surface area contributed by atoms with E-state index in [0.29, 0.717) is 47.3 Å². The van der Waals surface area contributed by atoms with Gasteiger partial charge in [-0.1, -0.05) is 0 Å². The summed E-state index contributed by atoms with van der Waals surface area (Å²) in [6, 6.07) is 5.41. The van der Waals surface area contributed by atoms with Crippen LogP contribution in [0.3, 0.4) is 0 Å². The van der Waals surface area contributed by atoms with Crippen molar-refractivity contribution in [1.29, 1.82) is 0 Å². The van der Waals surface area contributed by atoms with Gasteiger partial charge >= 0.3 is 18.0 Å². The minimum Gasteiger partial charge on any atom is -0.481 e. The number of carboxylic acids is 2. The summed E-state index contributed by atoms with van der Waals surface area (Å²) in [5.41, 5.74) is 0.912. The van der Waals surface area contributed by atoms with Gasteiger partial charge < -0.3 is 34.0 Å². The van der Waals surface area contributed by atoms with Gasteiger partial charge in [-0.15, -0.1) is 0 Å². The van der Waals surface area contributed by atoms with Crippen molar-refractivity contribution in [1.82, 2.24) is 5.32 Å². The fourth-order valence-corrected chi connectivity index (χ4v) is 2.67. The number of nitrogens with zero attached hydrogens (tertiary/aromatic N) is 1. The molecule has 0 spiro atoms. The molecule has 0 aliphatic rings. The summed E-state index contributed by atoms with van der Waals surface area (Å²) in [5.74, 6) is -2.23. The monoisotopic (exact) mass is 430 g/mol. The first-order valence-corrected chi connectivity index (χ1v) is 10.3. The van der Waals surface area contributed by atoms with E-state index in [4.69, 9.17) is 23.8 Å². The van der Waals surface area contributed by atoms with E-state index in [-0.39, 0.29) is 18.6 Å². The lowest BCUT2D eigenvalue weighted by molar-refractivity contribution is -0.140. The Hall–Kier alpha value is -2.42. The maximum absolute atomic E-state index is 11.9. The van der Waals surface area contributed by atoms with Crippen molar-refractivity contribution >= 4 is 44.7 Å². The second kappa shape index (κ2) is 12.9. The summed E-state index contributed by atoms with van der Waals surface area (Å²) in [6.45, 7) is 2.64. The van der Waals surface area contributed by atoms with Crippen molar-refractivity contribution in [3.8, 4) is 5.75 Å². The number of hydrogen-bond acceptors (Lipinski definition) is 7. The predicted octanol–water partition coefficient (Wildman–Crippen LogP) is -1.51. The molecule has 12 heteroatoms. The zero-order chi connectivity index (χ0) is 20.9. The summed E-state index contributed by atoms with van der Waals surface area (Å²) in [7, 11) is 1.33. The van der Waals surface area contributed by atoms with Gasteiger partial charge in [0.25, 0.3) is 0 Å². The molecule has 3 N–H and O–H groups in total. The number of ether oxygens (including phenoxy) is 1. The average molecular weight is 431 g/mol. The van der Waals surface area contributed by atoms with Crippen LogP contribution in [0.15, 0.2) is 24.3 Å². The molecule has 0 unspecified atom stereocenters. The molecule has 28 heavy (non-hydrogen) atoms. The third-order valence-corrected chi connectivity index (χ3v) is 4.60. The third kappa shape index (κ3) is 8.99. The number of benzene rings is 1. The molecule has 0 aliphatic heterocycles. The van der Waals surface area contributed by atoms with Crippen LogP contribution in [-0.2, 0) is 18.4 Å². The number of carbonyl (C=O) groups excluding carboxylic acids is 1. The molecule has 1 aromatic carbocycles. The van der Waals surface area contributed by atoms with Gasteiger partial charge in [-0.25, -0.2) is 9.59 Å². The number of aliphatic carboxylic acids is 2. The molecule has 0 saturated carbocycles. The number of carboxylic acid groups (broad SMARTS) is 2. The Kier molecular flexibility index (Phi) is 10.9. The summed E-state index contributed by atoms with van der Waals surface area (Å²) in [4.78, 5) is 35.7. The van der Waals surface area contributed by atoms with E-state index < -0.39 is 24.1 Å². The quantitative estimate of drug-likeness (QED) is 0.319. The van der Waals surface area contributed by atoms with Gasteiger partial charge in [-0.2, -0.15) is 0 Å². The smallest absolute Gasteiger partial charge is 0.413 e. The van der Waals surface area contributed by atoms with Gasteiger partial charge in [-0.05, 0) is 30.7 Å². The molecule has 1 rings (SSSR count). The number of hydrogen-bond donors (Lipinski definition) is 3. The van der Waals surface area contributed by atoms with Crippen molar-refractivity contribution in [2.24, 2.45) is 0 Å². The first-order chi connectivity index (χ1) is 13.4. The fraction of sp³-hybridized carbons (Fsp3) is 0.438. The van der Waals surface area contributed by atoms with Gasteiger partial charge in [0.05, 0.1) is 13.2 Å². The molecule has 0 aromatic heterocycles. The number of carbonyl (C=O) groups is 3. The maximum atomic E-state index is 11.9. The van der Waals surface area contributed by atoms with Crippen LogP contribution in [0.1, 0.15) is 12.8 Å². The van der Waals surface area contributed by atoms with Crippen molar-refractivity contribution in [2.75, 3.05) is 31.2 Å². The van der Waals surface area contributed by atoms with Crippen LogP contribution in [0.2, 0.25) is 0 Å².